The van der Waals surface area contributed by atoms with Crippen LogP contribution in [0.25, 0.3) is 0 Å². The SMILES string of the molecule is CCCCCC[C](C)OOC(=O)c1ccc(OC)c(OC)c1OC. The van der Waals surface area contributed by atoms with Crippen molar-refractivity contribution >= 4 is 5.97 Å². The van der Waals surface area contributed by atoms with Crippen LogP contribution in [0.15, 0.2) is 12.1 Å². The van der Waals surface area contributed by atoms with Crippen LogP contribution in [0.4, 0.5) is 0 Å². The molecule has 1 radical (unpaired) electrons. The first-order chi connectivity index (χ1) is 11.6. The lowest BCUT2D eigenvalue weighted by molar-refractivity contribution is -0.233. The van der Waals surface area contributed by atoms with Gasteiger partial charge in [-0.25, -0.2) is 4.79 Å². The molecule has 0 N–H and O–H groups in total. The topological polar surface area (TPSA) is 63.2 Å². The van der Waals surface area contributed by atoms with Crippen LogP contribution in [0.1, 0.15) is 56.3 Å². The van der Waals surface area contributed by atoms with Gasteiger partial charge in [0, 0.05) is 0 Å². The maximum atomic E-state index is 12.2. The number of benzene rings is 1. The Labute approximate surface area is 143 Å². The van der Waals surface area contributed by atoms with Gasteiger partial charge in [0.1, 0.15) is 11.7 Å². The average molecular weight is 339 g/mol. The number of unbranched alkanes of at least 4 members (excludes halogenated alkanes) is 3. The van der Waals surface area contributed by atoms with Crippen LogP contribution in [0.2, 0.25) is 0 Å². The lowest BCUT2D eigenvalue weighted by atomic mass is 10.1. The molecule has 6 heteroatoms. The normalized spacial score (nSPS) is 10.6. The minimum atomic E-state index is -0.652. The number of rotatable bonds is 11. The predicted octanol–water partition coefficient (Wildman–Crippen LogP) is 4.32. The first-order valence-electron chi connectivity index (χ1n) is 8.09. The van der Waals surface area contributed by atoms with Gasteiger partial charge in [0.05, 0.1) is 21.3 Å². The molecule has 0 unspecified atom stereocenters. The molecule has 0 aliphatic rings. The molecular formula is C18H27O6. The molecule has 0 fully saturated rings. The summed E-state index contributed by atoms with van der Waals surface area (Å²) < 4.78 is 15.7. The molecular weight excluding hydrogens is 312 g/mol. The van der Waals surface area contributed by atoms with Crippen LogP contribution in [-0.2, 0) is 9.78 Å². The van der Waals surface area contributed by atoms with Crippen molar-refractivity contribution in [1.29, 1.82) is 0 Å². The summed E-state index contributed by atoms with van der Waals surface area (Å²) in [6.07, 6.45) is 5.94. The minimum absolute atomic E-state index is 0.203. The van der Waals surface area contributed by atoms with E-state index in [1.54, 1.807) is 19.1 Å². The van der Waals surface area contributed by atoms with Crippen molar-refractivity contribution in [3.63, 3.8) is 0 Å². The van der Waals surface area contributed by atoms with Gasteiger partial charge in [-0.05, 0) is 25.5 Å². The van der Waals surface area contributed by atoms with Gasteiger partial charge in [0.25, 0.3) is 0 Å². The standard InChI is InChI=1S/C18H27O6/c1-6-7-8-9-10-13(2)23-24-18(19)14-11-12-15(20-3)17(22-5)16(14)21-4/h11-12H,6-10H2,1-5H3. The smallest absolute Gasteiger partial charge is 0.377 e. The maximum Gasteiger partial charge on any atom is 0.377 e. The molecule has 0 saturated heterocycles. The van der Waals surface area contributed by atoms with E-state index < -0.39 is 5.97 Å². The number of carbonyl (C=O) groups is 1. The van der Waals surface area contributed by atoms with E-state index in [0.29, 0.717) is 17.6 Å². The predicted molar refractivity (Wildman–Crippen MR) is 90.3 cm³/mol. The summed E-state index contributed by atoms with van der Waals surface area (Å²) in [5.74, 6) is 0.381. The van der Waals surface area contributed by atoms with E-state index in [0.717, 1.165) is 19.3 Å². The van der Waals surface area contributed by atoms with Crippen molar-refractivity contribution < 1.29 is 28.8 Å². The Balaban J connectivity index is 2.67. The quantitative estimate of drug-likeness (QED) is 0.340. The number of hydrogen-bond donors (Lipinski definition) is 0. The van der Waals surface area contributed by atoms with E-state index in [-0.39, 0.29) is 11.3 Å². The van der Waals surface area contributed by atoms with Crippen LogP contribution in [0.3, 0.4) is 0 Å². The van der Waals surface area contributed by atoms with E-state index in [4.69, 9.17) is 24.0 Å². The molecule has 0 heterocycles. The van der Waals surface area contributed by atoms with Gasteiger partial charge in [-0.2, -0.15) is 4.89 Å². The fourth-order valence-electron chi connectivity index (χ4n) is 2.26. The van der Waals surface area contributed by atoms with Gasteiger partial charge in [-0.1, -0.05) is 32.6 Å². The van der Waals surface area contributed by atoms with E-state index in [9.17, 15) is 4.79 Å². The molecule has 0 saturated carbocycles. The Hall–Kier alpha value is -1.95. The van der Waals surface area contributed by atoms with Gasteiger partial charge < -0.3 is 14.2 Å². The van der Waals surface area contributed by atoms with Crippen LogP contribution in [-0.4, -0.2) is 27.3 Å². The molecule has 6 nitrogen and oxygen atoms in total. The molecule has 1 rings (SSSR count). The second-order valence-electron chi connectivity index (χ2n) is 5.35. The van der Waals surface area contributed by atoms with Gasteiger partial charge in [0.2, 0.25) is 5.75 Å². The van der Waals surface area contributed by atoms with E-state index in [1.807, 2.05) is 0 Å². The molecule has 24 heavy (non-hydrogen) atoms. The molecule has 0 atom stereocenters. The Kier molecular flexibility index (Phi) is 9.01. The molecule has 0 amide bonds. The van der Waals surface area contributed by atoms with Crippen molar-refractivity contribution in [2.75, 3.05) is 21.3 Å². The third kappa shape index (κ3) is 5.60. The number of carbonyl (C=O) groups excluding carboxylic acids is 1. The molecule has 0 aliphatic heterocycles. The highest BCUT2D eigenvalue weighted by Gasteiger charge is 2.23. The lowest BCUT2D eigenvalue weighted by Crippen LogP contribution is -2.11. The van der Waals surface area contributed by atoms with Crippen molar-refractivity contribution in [2.24, 2.45) is 0 Å². The van der Waals surface area contributed by atoms with E-state index in [1.165, 1.54) is 34.2 Å². The highest BCUT2D eigenvalue weighted by molar-refractivity contribution is 5.93. The molecule has 0 bridgehead atoms. The molecule has 0 aliphatic carbocycles. The summed E-state index contributed by atoms with van der Waals surface area (Å²) in [6.45, 7) is 3.95. The fourth-order valence-corrected chi connectivity index (χ4v) is 2.26. The summed E-state index contributed by atoms with van der Waals surface area (Å²) in [6, 6.07) is 3.15. The van der Waals surface area contributed by atoms with Crippen LogP contribution in [0.5, 0.6) is 17.2 Å². The second-order valence-corrected chi connectivity index (χ2v) is 5.35. The number of methoxy groups -OCH3 is 3. The van der Waals surface area contributed by atoms with Gasteiger partial charge in [-0.15, -0.1) is 0 Å². The lowest BCUT2D eigenvalue weighted by Gasteiger charge is -2.15. The summed E-state index contributed by atoms with van der Waals surface area (Å²) in [5, 5.41) is 0. The fraction of sp³-hybridized carbons (Fsp3) is 0.556. The maximum absolute atomic E-state index is 12.2. The summed E-state index contributed by atoms with van der Waals surface area (Å²) in [4.78, 5) is 22.3. The zero-order valence-electron chi connectivity index (χ0n) is 15.1. The number of hydrogen-bond acceptors (Lipinski definition) is 6. The Morgan fingerprint density at radius 2 is 1.62 bits per heavy atom. The van der Waals surface area contributed by atoms with Gasteiger partial charge in [-0.3, -0.25) is 4.89 Å². The summed E-state index contributed by atoms with van der Waals surface area (Å²) >= 11 is 0. The van der Waals surface area contributed by atoms with E-state index >= 15 is 0 Å². The van der Waals surface area contributed by atoms with Gasteiger partial charge >= 0.3 is 5.97 Å². The summed E-state index contributed by atoms with van der Waals surface area (Å²) in [5.41, 5.74) is 0.203. The first-order valence-corrected chi connectivity index (χ1v) is 8.09. The van der Waals surface area contributed by atoms with Crippen molar-refractivity contribution in [1.82, 2.24) is 0 Å². The molecule has 135 valence electrons. The Bertz CT molecular complexity index is 514. The van der Waals surface area contributed by atoms with Gasteiger partial charge in [0.15, 0.2) is 11.5 Å². The highest BCUT2D eigenvalue weighted by Crippen LogP contribution is 2.40. The summed E-state index contributed by atoms with van der Waals surface area (Å²) in [7, 11) is 4.43. The monoisotopic (exact) mass is 339 g/mol. The first kappa shape index (κ1) is 20.1. The zero-order chi connectivity index (χ0) is 17.9. The van der Waals surface area contributed by atoms with Crippen LogP contribution in [0, 0.1) is 6.10 Å². The number of ether oxygens (including phenoxy) is 3. The molecule has 1 aromatic carbocycles. The second kappa shape index (κ2) is 10.8. The highest BCUT2D eigenvalue weighted by atomic mass is 17.2. The average Bonchev–Trinajstić information content (AvgIpc) is 2.61. The molecule has 0 aromatic heterocycles. The minimum Gasteiger partial charge on any atom is -0.493 e. The van der Waals surface area contributed by atoms with Crippen LogP contribution < -0.4 is 14.2 Å². The third-order valence-electron chi connectivity index (χ3n) is 3.57. The largest absolute Gasteiger partial charge is 0.493 e. The molecule has 0 spiro atoms. The van der Waals surface area contributed by atoms with Crippen molar-refractivity contribution in [3.05, 3.63) is 23.8 Å². The van der Waals surface area contributed by atoms with E-state index in [2.05, 4.69) is 6.92 Å². The van der Waals surface area contributed by atoms with Crippen molar-refractivity contribution in [3.8, 4) is 17.2 Å². The zero-order valence-corrected chi connectivity index (χ0v) is 15.1. The van der Waals surface area contributed by atoms with Crippen molar-refractivity contribution in [2.45, 2.75) is 46.0 Å². The Morgan fingerprint density at radius 3 is 2.21 bits per heavy atom. The third-order valence-corrected chi connectivity index (χ3v) is 3.57. The van der Waals surface area contributed by atoms with Crippen LogP contribution >= 0.6 is 0 Å². The molecule has 1 aromatic rings. The Morgan fingerprint density at radius 1 is 0.917 bits per heavy atom.